The highest BCUT2D eigenvalue weighted by Crippen LogP contribution is 2.12. The summed E-state index contributed by atoms with van der Waals surface area (Å²) in [6.07, 6.45) is 4.17. The van der Waals surface area contributed by atoms with Crippen molar-refractivity contribution in [1.29, 1.82) is 0 Å². The number of hydrogen-bond donors (Lipinski definition) is 0. The summed E-state index contributed by atoms with van der Waals surface area (Å²) < 4.78 is 4.69. The van der Waals surface area contributed by atoms with Gasteiger partial charge in [-0.25, -0.2) is 4.79 Å². The molecule has 0 aliphatic carbocycles. The minimum absolute atomic E-state index is 0.311. The molecule has 0 bridgehead atoms. The van der Waals surface area contributed by atoms with Crippen LogP contribution in [-0.2, 0) is 28.8 Å². The average Bonchev–Trinajstić information content (AvgIpc) is 2.58. The van der Waals surface area contributed by atoms with Gasteiger partial charge in [0.1, 0.15) is 6.29 Å². The summed E-state index contributed by atoms with van der Waals surface area (Å²) in [7, 11) is 1.38. The van der Waals surface area contributed by atoms with Gasteiger partial charge in [0.25, 0.3) is 0 Å². The first-order chi connectivity index (χ1) is 10.7. The van der Waals surface area contributed by atoms with Gasteiger partial charge in [0.05, 0.1) is 12.7 Å². The number of carbonyl (C=O) groups is 2. The van der Waals surface area contributed by atoms with Crippen molar-refractivity contribution in [2.75, 3.05) is 7.11 Å². The first-order valence-corrected chi connectivity index (χ1v) is 7.41. The second kappa shape index (κ2) is 8.13. The molecule has 22 heavy (non-hydrogen) atoms. The molecule has 2 rings (SSSR count). The Balaban J connectivity index is 1.95. The molecule has 2 aromatic rings. The highest BCUT2D eigenvalue weighted by Gasteiger charge is 2.04. The Bertz CT molecular complexity index is 629. The third-order valence-electron chi connectivity index (χ3n) is 3.62. The van der Waals surface area contributed by atoms with Crippen molar-refractivity contribution >= 4 is 12.3 Å². The van der Waals surface area contributed by atoms with E-state index in [2.05, 4.69) is 22.9 Å². The standard InChI is InChI=1S/C19H20O3/c1-22-19(21)18-11-9-15(10-12-18)7-8-17-5-2-4-16(14-17)6-3-13-20/h2,4-5,9-14H,3,6-8H2,1H3. The predicted molar refractivity (Wildman–Crippen MR) is 86.0 cm³/mol. The van der Waals surface area contributed by atoms with Gasteiger partial charge in [-0.1, -0.05) is 36.4 Å². The molecule has 3 heteroatoms. The van der Waals surface area contributed by atoms with Gasteiger partial charge >= 0.3 is 5.97 Å². The van der Waals surface area contributed by atoms with E-state index in [4.69, 9.17) is 0 Å². The van der Waals surface area contributed by atoms with Crippen LogP contribution in [0.25, 0.3) is 0 Å². The average molecular weight is 296 g/mol. The maximum atomic E-state index is 11.4. The zero-order valence-corrected chi connectivity index (χ0v) is 12.7. The quantitative estimate of drug-likeness (QED) is 0.581. The van der Waals surface area contributed by atoms with Crippen LogP contribution in [0, 0.1) is 0 Å². The highest BCUT2D eigenvalue weighted by atomic mass is 16.5. The molecule has 0 aliphatic rings. The van der Waals surface area contributed by atoms with Crippen LogP contribution in [0.4, 0.5) is 0 Å². The fourth-order valence-corrected chi connectivity index (χ4v) is 2.38. The number of rotatable bonds is 7. The maximum Gasteiger partial charge on any atom is 0.337 e. The smallest absolute Gasteiger partial charge is 0.337 e. The molecule has 0 saturated heterocycles. The van der Waals surface area contributed by atoms with E-state index >= 15 is 0 Å². The Morgan fingerprint density at radius 2 is 1.59 bits per heavy atom. The van der Waals surface area contributed by atoms with Crippen LogP contribution >= 0.6 is 0 Å². The van der Waals surface area contributed by atoms with E-state index < -0.39 is 0 Å². The number of methoxy groups -OCH3 is 1. The Kier molecular flexibility index (Phi) is 5.90. The number of carbonyl (C=O) groups excluding carboxylic acids is 2. The molecule has 0 radical (unpaired) electrons. The van der Waals surface area contributed by atoms with E-state index in [0.29, 0.717) is 12.0 Å². The zero-order valence-electron chi connectivity index (χ0n) is 12.7. The molecular weight excluding hydrogens is 276 g/mol. The van der Waals surface area contributed by atoms with Gasteiger partial charge in [-0.15, -0.1) is 0 Å². The Morgan fingerprint density at radius 1 is 0.955 bits per heavy atom. The predicted octanol–water partition coefficient (Wildman–Crippen LogP) is 3.39. The lowest BCUT2D eigenvalue weighted by atomic mass is 10.0. The van der Waals surface area contributed by atoms with Crippen molar-refractivity contribution in [1.82, 2.24) is 0 Å². The monoisotopic (exact) mass is 296 g/mol. The van der Waals surface area contributed by atoms with Crippen molar-refractivity contribution < 1.29 is 14.3 Å². The van der Waals surface area contributed by atoms with Crippen LogP contribution in [0.3, 0.4) is 0 Å². The van der Waals surface area contributed by atoms with Gasteiger partial charge in [-0.3, -0.25) is 0 Å². The number of aldehydes is 1. The minimum atomic E-state index is -0.311. The second-order valence-electron chi connectivity index (χ2n) is 5.21. The fraction of sp³-hybridized carbons (Fsp3) is 0.263. The van der Waals surface area contributed by atoms with E-state index in [9.17, 15) is 9.59 Å². The largest absolute Gasteiger partial charge is 0.465 e. The van der Waals surface area contributed by atoms with E-state index in [-0.39, 0.29) is 5.97 Å². The number of esters is 1. The van der Waals surface area contributed by atoms with Crippen LogP contribution in [0.2, 0.25) is 0 Å². The van der Waals surface area contributed by atoms with Gasteiger partial charge in [0.2, 0.25) is 0 Å². The lowest BCUT2D eigenvalue weighted by Gasteiger charge is -2.06. The van der Waals surface area contributed by atoms with Crippen LogP contribution in [-0.4, -0.2) is 19.4 Å². The molecule has 114 valence electrons. The molecular formula is C19H20O3. The molecule has 0 N–H and O–H groups in total. The number of hydrogen-bond acceptors (Lipinski definition) is 3. The molecule has 2 aromatic carbocycles. The third kappa shape index (κ3) is 4.55. The fourth-order valence-electron chi connectivity index (χ4n) is 2.38. The number of aryl methyl sites for hydroxylation is 3. The van der Waals surface area contributed by atoms with Crippen LogP contribution in [0.1, 0.15) is 33.5 Å². The molecule has 0 spiro atoms. The normalized spacial score (nSPS) is 10.2. The molecule has 0 atom stereocenters. The van der Waals surface area contributed by atoms with Crippen molar-refractivity contribution in [3.8, 4) is 0 Å². The minimum Gasteiger partial charge on any atom is -0.465 e. The van der Waals surface area contributed by atoms with E-state index in [1.54, 1.807) is 12.1 Å². The Labute approximate surface area is 130 Å². The summed E-state index contributed by atoms with van der Waals surface area (Å²) >= 11 is 0. The van der Waals surface area contributed by atoms with E-state index in [1.165, 1.54) is 23.8 Å². The molecule has 0 heterocycles. The van der Waals surface area contributed by atoms with E-state index in [1.807, 2.05) is 18.2 Å². The van der Waals surface area contributed by atoms with Crippen molar-refractivity contribution in [3.05, 3.63) is 70.8 Å². The topological polar surface area (TPSA) is 43.4 Å². The summed E-state index contributed by atoms with van der Waals surface area (Å²) in [6.45, 7) is 0. The SMILES string of the molecule is COC(=O)c1ccc(CCc2cccc(CCC=O)c2)cc1. The van der Waals surface area contributed by atoms with E-state index in [0.717, 1.165) is 25.5 Å². The summed E-state index contributed by atoms with van der Waals surface area (Å²) in [5.41, 5.74) is 4.22. The third-order valence-corrected chi connectivity index (χ3v) is 3.62. The maximum absolute atomic E-state index is 11.4. The van der Waals surface area contributed by atoms with Crippen molar-refractivity contribution in [2.24, 2.45) is 0 Å². The van der Waals surface area contributed by atoms with Gasteiger partial charge in [0, 0.05) is 6.42 Å². The lowest BCUT2D eigenvalue weighted by molar-refractivity contribution is -0.107. The second-order valence-corrected chi connectivity index (χ2v) is 5.21. The number of benzene rings is 2. The molecule has 0 fully saturated rings. The summed E-state index contributed by atoms with van der Waals surface area (Å²) in [6, 6.07) is 15.9. The first kappa shape index (κ1) is 16.0. The number of ether oxygens (including phenoxy) is 1. The van der Waals surface area contributed by atoms with Gasteiger partial charge in [0.15, 0.2) is 0 Å². The van der Waals surface area contributed by atoms with Gasteiger partial charge in [-0.2, -0.15) is 0 Å². The van der Waals surface area contributed by atoms with Crippen LogP contribution < -0.4 is 0 Å². The summed E-state index contributed by atoms with van der Waals surface area (Å²) in [5.74, 6) is -0.311. The molecule has 3 nitrogen and oxygen atoms in total. The van der Waals surface area contributed by atoms with Gasteiger partial charge < -0.3 is 9.53 Å². The molecule has 0 saturated carbocycles. The molecule has 0 amide bonds. The van der Waals surface area contributed by atoms with Crippen LogP contribution in [0.15, 0.2) is 48.5 Å². The van der Waals surface area contributed by atoms with Crippen molar-refractivity contribution in [2.45, 2.75) is 25.7 Å². The molecule has 0 unspecified atom stereocenters. The van der Waals surface area contributed by atoms with Crippen molar-refractivity contribution in [3.63, 3.8) is 0 Å². The van der Waals surface area contributed by atoms with Gasteiger partial charge in [-0.05, 0) is 48.1 Å². The first-order valence-electron chi connectivity index (χ1n) is 7.41. The molecule has 0 aliphatic heterocycles. The summed E-state index contributed by atoms with van der Waals surface area (Å²) in [5, 5.41) is 0. The van der Waals surface area contributed by atoms with Crippen LogP contribution in [0.5, 0.6) is 0 Å². The lowest BCUT2D eigenvalue weighted by Crippen LogP contribution is -2.01. The highest BCUT2D eigenvalue weighted by molar-refractivity contribution is 5.89. The molecule has 0 aromatic heterocycles. The zero-order chi connectivity index (χ0) is 15.8. The Hall–Kier alpha value is -2.42. The summed E-state index contributed by atoms with van der Waals surface area (Å²) in [4.78, 5) is 21.8. The Morgan fingerprint density at radius 3 is 2.23 bits per heavy atom.